The summed E-state index contributed by atoms with van der Waals surface area (Å²) < 4.78 is 4.87. The van der Waals surface area contributed by atoms with Crippen LogP contribution in [-0.4, -0.2) is 13.2 Å². The fraction of sp³-hybridized carbons (Fsp3) is 0.667. The van der Waals surface area contributed by atoms with Crippen molar-refractivity contribution in [2.24, 2.45) is 0 Å². The molecule has 0 saturated heterocycles. The zero-order chi connectivity index (χ0) is 13.2. The fourth-order valence-corrected chi connectivity index (χ4v) is 0.746. The molecule has 90 valence electrons. The second kappa shape index (κ2) is 19.5. The lowest BCUT2D eigenvalue weighted by Gasteiger charge is -1.93. The Balaban J connectivity index is 0. The van der Waals surface area contributed by atoms with E-state index < -0.39 is 0 Å². The monoisotopic (exact) mass is 232 g/mol. The van der Waals surface area contributed by atoms with Gasteiger partial charge in [-0.1, -0.05) is 0 Å². The molecule has 0 bridgehead atoms. The van der Waals surface area contributed by atoms with Gasteiger partial charge in [0.05, 0.1) is 50.3 Å². The van der Waals surface area contributed by atoms with E-state index in [0.717, 1.165) is 12.8 Å². The first kappa shape index (κ1) is 17.3. The van der Waals surface area contributed by atoms with Crippen molar-refractivity contribution in [3.05, 3.63) is 0 Å². The minimum atomic E-state index is 0.408. The van der Waals surface area contributed by atoms with E-state index in [4.69, 9.17) is 25.8 Å². The number of rotatable bonds is 7. The molecule has 5 heteroatoms. The Morgan fingerprint density at radius 2 is 0.941 bits per heavy atom. The largest absolute Gasteiger partial charge is 0.379 e. The smallest absolute Gasteiger partial charge is 0.0645 e. The molecule has 0 N–H and O–H groups in total. The lowest BCUT2D eigenvalue weighted by Crippen LogP contribution is -1.93. The molecule has 0 atom stereocenters. The molecule has 17 heavy (non-hydrogen) atoms. The highest BCUT2D eigenvalue weighted by Crippen LogP contribution is 1.95. The third kappa shape index (κ3) is 24.9. The van der Waals surface area contributed by atoms with Crippen molar-refractivity contribution in [3.63, 3.8) is 0 Å². The van der Waals surface area contributed by atoms with Crippen LogP contribution in [0.25, 0.3) is 0 Å². The number of unbranched alkanes of at least 4 members (excludes halogenated alkanes) is 3. The molecular weight excluding hydrogens is 216 g/mol. The highest BCUT2D eigenvalue weighted by Gasteiger charge is 1.84. The highest BCUT2D eigenvalue weighted by molar-refractivity contribution is 4.72. The minimum absolute atomic E-state index is 0.408. The average molecular weight is 232 g/mol. The highest BCUT2D eigenvalue weighted by atomic mass is 16.5. The average Bonchev–Trinajstić information content (AvgIpc) is 2.36. The van der Waals surface area contributed by atoms with E-state index in [-0.39, 0.29) is 0 Å². The number of nitrogens with zero attached hydrogens (tertiary/aromatic N) is 4. The third-order valence-electron chi connectivity index (χ3n) is 1.54. The molecule has 0 amide bonds. The fourth-order valence-electron chi connectivity index (χ4n) is 0.746. The Morgan fingerprint density at radius 1 is 0.588 bits per heavy atom. The zero-order valence-electron chi connectivity index (χ0n) is 9.85. The van der Waals surface area contributed by atoms with Crippen molar-refractivity contribution in [2.75, 3.05) is 13.2 Å². The lowest BCUT2D eigenvalue weighted by atomic mass is 10.2. The molecule has 0 radical (unpaired) electrons. The van der Waals surface area contributed by atoms with Crippen LogP contribution in [0.5, 0.6) is 0 Å². The van der Waals surface area contributed by atoms with Gasteiger partial charge in [0.1, 0.15) is 0 Å². The summed E-state index contributed by atoms with van der Waals surface area (Å²) >= 11 is 0. The van der Waals surface area contributed by atoms with Crippen molar-refractivity contribution in [1.29, 1.82) is 21.0 Å². The summed E-state index contributed by atoms with van der Waals surface area (Å²) in [5, 5.41) is 32.1. The molecule has 0 aromatic heterocycles. The molecule has 0 unspecified atom stereocenters. The van der Waals surface area contributed by atoms with Gasteiger partial charge < -0.3 is 4.74 Å². The summed E-state index contributed by atoms with van der Waals surface area (Å²) in [6, 6.07) is 7.91. The standard InChI is InChI=1S/C6H8N2O.C6H8N2/c7-3-1-5-9-6-2-4-8;7-5-3-1-2-4-6-8/h1-2,5-6H2;1-4H2. The predicted octanol–water partition coefficient (Wildman–Crippen LogP) is 2.42. The van der Waals surface area contributed by atoms with Crippen LogP contribution in [0.1, 0.15) is 38.5 Å². The van der Waals surface area contributed by atoms with Gasteiger partial charge in [0.25, 0.3) is 0 Å². The Morgan fingerprint density at radius 3 is 1.24 bits per heavy atom. The maximum absolute atomic E-state index is 8.03. The summed E-state index contributed by atoms with van der Waals surface area (Å²) in [4.78, 5) is 0. The Labute approximate surface area is 102 Å². The Bertz CT molecular complexity index is 281. The molecule has 0 spiro atoms. The lowest BCUT2D eigenvalue weighted by molar-refractivity contribution is 0.145. The molecule has 0 aromatic carbocycles. The minimum Gasteiger partial charge on any atom is -0.379 e. The summed E-state index contributed by atoms with van der Waals surface area (Å²) in [6.45, 7) is 0.885. The van der Waals surface area contributed by atoms with Crippen LogP contribution < -0.4 is 0 Å². The van der Waals surface area contributed by atoms with E-state index in [1.165, 1.54) is 0 Å². The van der Waals surface area contributed by atoms with E-state index >= 15 is 0 Å². The number of nitriles is 4. The van der Waals surface area contributed by atoms with Gasteiger partial charge in [-0.05, 0) is 12.8 Å². The first-order chi connectivity index (χ1) is 8.33. The van der Waals surface area contributed by atoms with Gasteiger partial charge in [-0.3, -0.25) is 0 Å². The number of hydrogen-bond acceptors (Lipinski definition) is 5. The quantitative estimate of drug-likeness (QED) is 0.627. The predicted molar refractivity (Wildman–Crippen MR) is 61.0 cm³/mol. The first-order valence-electron chi connectivity index (χ1n) is 5.39. The Hall–Kier alpha value is -2.08. The van der Waals surface area contributed by atoms with E-state index in [1.807, 2.05) is 24.3 Å². The van der Waals surface area contributed by atoms with Gasteiger partial charge in [0, 0.05) is 12.8 Å². The van der Waals surface area contributed by atoms with Gasteiger partial charge in [-0.2, -0.15) is 21.0 Å². The van der Waals surface area contributed by atoms with Crippen LogP contribution in [0, 0.1) is 45.3 Å². The summed E-state index contributed by atoms with van der Waals surface area (Å²) in [7, 11) is 0. The second-order valence-corrected chi connectivity index (χ2v) is 2.95. The molecule has 0 fully saturated rings. The van der Waals surface area contributed by atoms with Crippen molar-refractivity contribution in [2.45, 2.75) is 38.5 Å². The SMILES string of the molecule is N#CCCCCC#N.N#CCCOCCC#N. The summed E-state index contributed by atoms with van der Waals surface area (Å²) in [6.07, 6.45) is 3.72. The van der Waals surface area contributed by atoms with Crippen LogP contribution in [-0.2, 0) is 4.74 Å². The number of ether oxygens (including phenoxy) is 1. The van der Waals surface area contributed by atoms with Crippen LogP contribution in [0.4, 0.5) is 0 Å². The zero-order valence-corrected chi connectivity index (χ0v) is 9.85. The van der Waals surface area contributed by atoms with E-state index in [1.54, 1.807) is 0 Å². The molecule has 0 rings (SSSR count). The van der Waals surface area contributed by atoms with Gasteiger partial charge in [0.15, 0.2) is 0 Å². The molecule has 0 aromatic rings. The maximum Gasteiger partial charge on any atom is 0.0645 e. The van der Waals surface area contributed by atoms with E-state index in [2.05, 4.69) is 0 Å². The molecule has 0 aliphatic rings. The summed E-state index contributed by atoms with van der Waals surface area (Å²) in [5.41, 5.74) is 0. The first-order valence-corrected chi connectivity index (χ1v) is 5.39. The number of hydrogen-bond donors (Lipinski definition) is 0. The molecular formula is C12H16N4O. The van der Waals surface area contributed by atoms with Crippen LogP contribution in [0.15, 0.2) is 0 Å². The van der Waals surface area contributed by atoms with Crippen molar-refractivity contribution in [1.82, 2.24) is 0 Å². The third-order valence-corrected chi connectivity index (χ3v) is 1.54. The van der Waals surface area contributed by atoms with Crippen LogP contribution in [0.3, 0.4) is 0 Å². The van der Waals surface area contributed by atoms with Gasteiger partial charge in [0.2, 0.25) is 0 Å². The van der Waals surface area contributed by atoms with Gasteiger partial charge in [-0.15, -0.1) is 0 Å². The van der Waals surface area contributed by atoms with Crippen LogP contribution >= 0.6 is 0 Å². The molecule has 5 nitrogen and oxygen atoms in total. The van der Waals surface area contributed by atoms with Crippen molar-refractivity contribution < 1.29 is 4.74 Å². The van der Waals surface area contributed by atoms with E-state index in [0.29, 0.717) is 38.9 Å². The molecule has 0 heterocycles. The Kier molecular flexibility index (Phi) is 19.9. The van der Waals surface area contributed by atoms with Gasteiger partial charge in [-0.25, -0.2) is 0 Å². The molecule has 0 aliphatic heterocycles. The summed E-state index contributed by atoms with van der Waals surface area (Å²) in [5.74, 6) is 0. The normalized spacial score (nSPS) is 7.53. The second-order valence-electron chi connectivity index (χ2n) is 2.95. The molecule has 0 aliphatic carbocycles. The van der Waals surface area contributed by atoms with Gasteiger partial charge >= 0.3 is 0 Å². The van der Waals surface area contributed by atoms with Crippen LogP contribution in [0.2, 0.25) is 0 Å². The van der Waals surface area contributed by atoms with Crippen molar-refractivity contribution >= 4 is 0 Å². The maximum atomic E-state index is 8.03. The topological polar surface area (TPSA) is 104 Å². The van der Waals surface area contributed by atoms with E-state index in [9.17, 15) is 0 Å². The van der Waals surface area contributed by atoms with Crippen molar-refractivity contribution in [3.8, 4) is 24.3 Å². The molecule has 0 saturated carbocycles.